The molecule has 11 heavy (non-hydrogen) atoms. The van der Waals surface area contributed by atoms with Crippen LogP contribution in [-0.4, -0.2) is 23.2 Å². The summed E-state index contributed by atoms with van der Waals surface area (Å²) < 4.78 is 22.2. The lowest BCUT2D eigenvalue weighted by Gasteiger charge is -1.55. The van der Waals surface area contributed by atoms with Crippen molar-refractivity contribution in [1.82, 2.24) is 0 Å². The highest BCUT2D eigenvalue weighted by Gasteiger charge is 2.31. The smallest absolute Gasteiger partial charge is 0.390 e. The number of rotatable bonds is 2. The predicted octanol–water partition coefficient (Wildman–Crippen LogP) is -0.0944. The van der Waals surface area contributed by atoms with E-state index >= 15 is 0 Å². The Hall–Kier alpha value is -0.450. The molecular formula is C2H8N2O5P2+2. The first-order valence-electron chi connectivity index (χ1n) is 2.17. The van der Waals surface area contributed by atoms with Crippen LogP contribution in [0.4, 0.5) is 0 Å². The van der Waals surface area contributed by atoms with Crippen molar-refractivity contribution in [3.8, 4) is 0 Å². The topological polar surface area (TPSA) is 122 Å². The summed E-state index contributed by atoms with van der Waals surface area (Å²) in [4.78, 5) is 18.7. The molecule has 0 spiro atoms. The largest absolute Gasteiger partial charge is 0.745 e. The molecule has 0 aliphatic heterocycles. The maximum Gasteiger partial charge on any atom is 0.745 e. The van der Waals surface area contributed by atoms with Crippen molar-refractivity contribution in [2.75, 3.05) is 7.05 Å². The molecule has 0 amide bonds. The maximum absolute atomic E-state index is 9.39. The average molecular weight is 202 g/mol. The van der Waals surface area contributed by atoms with Gasteiger partial charge in [0.25, 0.3) is 0 Å². The van der Waals surface area contributed by atoms with Crippen molar-refractivity contribution in [2.24, 2.45) is 10.7 Å². The Morgan fingerprint density at radius 3 is 1.73 bits per heavy atom. The van der Waals surface area contributed by atoms with Crippen molar-refractivity contribution >= 4 is 22.8 Å². The van der Waals surface area contributed by atoms with Crippen LogP contribution < -0.4 is 5.73 Å². The minimum atomic E-state index is -2.92. The Bertz CT molecular complexity index is 143. The molecule has 9 heteroatoms. The van der Waals surface area contributed by atoms with Gasteiger partial charge in [-0.3, -0.25) is 4.99 Å². The lowest BCUT2D eigenvalue weighted by molar-refractivity contribution is 0.371. The summed E-state index contributed by atoms with van der Waals surface area (Å²) in [6, 6.07) is 0. The number of hydrogen-bond donors (Lipinski definition) is 3. The van der Waals surface area contributed by atoms with Crippen molar-refractivity contribution in [2.45, 2.75) is 0 Å². The molecule has 0 fully saturated rings. The van der Waals surface area contributed by atoms with Gasteiger partial charge in [-0.1, -0.05) is 0 Å². The van der Waals surface area contributed by atoms with E-state index < -0.39 is 16.5 Å². The van der Waals surface area contributed by atoms with Crippen molar-refractivity contribution in [3.63, 3.8) is 0 Å². The molecule has 2 unspecified atom stereocenters. The van der Waals surface area contributed by atoms with Crippen LogP contribution in [0.2, 0.25) is 0 Å². The minimum Gasteiger partial charge on any atom is -0.390 e. The van der Waals surface area contributed by atoms with Gasteiger partial charge < -0.3 is 5.73 Å². The molecule has 0 bridgehead atoms. The molecule has 4 N–H and O–H groups in total. The Morgan fingerprint density at radius 2 is 1.73 bits per heavy atom. The molecule has 0 radical (unpaired) electrons. The highest BCUT2D eigenvalue weighted by molar-refractivity contribution is 7.46. The molecule has 0 aliphatic rings. The molecule has 0 heterocycles. The Morgan fingerprint density at radius 1 is 1.45 bits per heavy atom. The van der Waals surface area contributed by atoms with Crippen LogP contribution in [0.1, 0.15) is 0 Å². The molecular weight excluding hydrogens is 194 g/mol. The fourth-order valence-corrected chi connectivity index (χ4v) is 0.538. The van der Waals surface area contributed by atoms with E-state index in [0.29, 0.717) is 0 Å². The summed E-state index contributed by atoms with van der Waals surface area (Å²) in [6.45, 7) is 0. The number of aliphatic imine (C=N–C) groups is 1. The fraction of sp³-hybridized carbons (Fsp3) is 0.500. The molecule has 0 aliphatic carbocycles. The lowest BCUT2D eigenvalue weighted by Crippen LogP contribution is -1.84. The summed E-state index contributed by atoms with van der Waals surface area (Å²) in [5.74, 6) is 0. The molecule has 0 aromatic carbocycles. The van der Waals surface area contributed by atoms with E-state index in [1.54, 1.807) is 7.05 Å². The Labute approximate surface area is 64.8 Å². The first kappa shape index (κ1) is 13.2. The van der Waals surface area contributed by atoms with Gasteiger partial charge in [0, 0.05) is 16.2 Å². The van der Waals surface area contributed by atoms with E-state index in [2.05, 4.69) is 9.30 Å². The second-order valence-electron chi connectivity index (χ2n) is 0.965. The Balaban J connectivity index is 0. The van der Waals surface area contributed by atoms with Gasteiger partial charge in [0.1, 0.15) is 0 Å². The summed E-state index contributed by atoms with van der Waals surface area (Å²) in [7, 11) is -4.22. The lowest BCUT2D eigenvalue weighted by atomic mass is 11.3. The molecule has 0 saturated heterocycles. The normalized spacial score (nSPS) is 11.9. The third kappa shape index (κ3) is 26.3. The van der Waals surface area contributed by atoms with E-state index in [9.17, 15) is 9.13 Å². The van der Waals surface area contributed by atoms with Gasteiger partial charge in [-0.25, -0.2) is 0 Å². The predicted molar refractivity (Wildman–Crippen MR) is 39.3 cm³/mol. The highest BCUT2D eigenvalue weighted by atomic mass is 31.2. The zero-order valence-corrected chi connectivity index (χ0v) is 7.40. The van der Waals surface area contributed by atoms with Gasteiger partial charge in [0.05, 0.1) is 6.34 Å². The van der Waals surface area contributed by atoms with Crippen LogP contribution in [0.3, 0.4) is 0 Å². The zero-order valence-electron chi connectivity index (χ0n) is 5.62. The summed E-state index contributed by atoms with van der Waals surface area (Å²) >= 11 is 0. The number of nitrogens with two attached hydrogens (primary N) is 1. The van der Waals surface area contributed by atoms with Crippen LogP contribution in [0.25, 0.3) is 0 Å². The summed E-state index contributed by atoms with van der Waals surface area (Å²) in [5.41, 5.74) is 4.74. The average Bonchev–Trinajstić information content (AvgIpc) is 1.85. The quantitative estimate of drug-likeness (QED) is 0.326. The van der Waals surface area contributed by atoms with Gasteiger partial charge in [0.2, 0.25) is 0 Å². The van der Waals surface area contributed by atoms with E-state index in [4.69, 9.17) is 15.5 Å². The molecule has 0 aromatic heterocycles. The number of hydrogen-bond acceptors (Lipinski definition) is 4. The Kier molecular flexibility index (Phi) is 11.4. The third-order valence-electron chi connectivity index (χ3n) is 0.289. The third-order valence-corrected chi connectivity index (χ3v) is 1.41. The fourth-order valence-electron chi connectivity index (χ4n) is 0.0598. The van der Waals surface area contributed by atoms with Gasteiger partial charge in [-0.2, -0.15) is 0 Å². The molecule has 0 saturated carbocycles. The van der Waals surface area contributed by atoms with Crippen molar-refractivity contribution in [3.05, 3.63) is 0 Å². The SMILES string of the molecule is CN=CN.O=[P+](O)O[P+](=O)O. The van der Waals surface area contributed by atoms with Crippen LogP contribution >= 0.6 is 16.5 Å². The first-order chi connectivity index (χ1) is 5.04. The van der Waals surface area contributed by atoms with Crippen LogP contribution in [0.15, 0.2) is 4.99 Å². The van der Waals surface area contributed by atoms with E-state index in [-0.39, 0.29) is 0 Å². The molecule has 0 rings (SSSR count). The molecule has 64 valence electrons. The minimum absolute atomic E-state index is 1.25. The number of nitrogens with zero attached hydrogens (tertiary/aromatic N) is 1. The highest BCUT2D eigenvalue weighted by Crippen LogP contribution is 2.30. The van der Waals surface area contributed by atoms with Crippen LogP contribution in [-0.2, 0) is 13.4 Å². The summed E-state index contributed by atoms with van der Waals surface area (Å²) in [6.07, 6.45) is 1.25. The second kappa shape index (κ2) is 9.55. The van der Waals surface area contributed by atoms with E-state index in [1.165, 1.54) is 6.34 Å². The maximum atomic E-state index is 9.39. The van der Waals surface area contributed by atoms with E-state index in [1.807, 2.05) is 0 Å². The van der Waals surface area contributed by atoms with Gasteiger partial charge >= 0.3 is 16.5 Å². The monoisotopic (exact) mass is 202 g/mol. The van der Waals surface area contributed by atoms with Gasteiger partial charge in [-0.15, -0.1) is 9.79 Å². The molecule has 2 atom stereocenters. The van der Waals surface area contributed by atoms with Crippen LogP contribution in [0.5, 0.6) is 0 Å². The van der Waals surface area contributed by atoms with Gasteiger partial charge in [0.15, 0.2) is 4.31 Å². The summed E-state index contributed by atoms with van der Waals surface area (Å²) in [5, 5.41) is 0. The van der Waals surface area contributed by atoms with Crippen molar-refractivity contribution < 1.29 is 23.2 Å². The standard InChI is InChI=1S/C2H6N2.O5P2/c1-4-2-3;1-6(2)5-7(3)4/h2H,1H3,(H2,3,4);/p+2. The van der Waals surface area contributed by atoms with Crippen molar-refractivity contribution in [1.29, 1.82) is 0 Å². The first-order valence-corrected chi connectivity index (χ1v) is 4.43. The van der Waals surface area contributed by atoms with E-state index in [0.717, 1.165) is 0 Å². The second-order valence-corrected chi connectivity index (χ2v) is 2.57. The molecule has 7 nitrogen and oxygen atoms in total. The van der Waals surface area contributed by atoms with Gasteiger partial charge in [-0.05, 0) is 0 Å². The zero-order chi connectivity index (χ0) is 9.28. The van der Waals surface area contributed by atoms with Crippen LogP contribution in [0, 0.1) is 0 Å². The molecule has 0 aromatic rings.